The van der Waals surface area contributed by atoms with Crippen molar-refractivity contribution in [3.8, 4) is 0 Å². The summed E-state index contributed by atoms with van der Waals surface area (Å²) < 4.78 is 105. The number of aliphatic hydroxyl groups excluding tert-OH is 4. The molecule has 11 aliphatic rings. The standard InChI is InChI=1S/C18H20O7S4.C9H16OS2.C6H8O4S2.C5H6O4S2.C5H10O2S2.C4H7NO2S2.C4H8O2S2.C4H6O2S2.C4H8O2S2.C4H8OS2.C3H6S2/c1-13-3-7-15(8-4-13)28(20,21)24-17-11-26-27(19)12-18(17)25-29(22,23)16-9-5-14(2)6-10-16;1-8(10)4-2-3-5-9-6-7-11-12-9;7-5(8)3-1-2-4(6(9)10)12-11-3;6-4(7)2-1-3(5(8)9)11-10-2;6-1-5(2-7)3-8-9-4-5;5-4(3(6)7)1-8-9-2-4;5-3-1-7-8-2-4(3)6;5-4(6)3-1-2-7-8-3;5-8(6)4-2-1-3-7-8;5-7-4-2-1-3-6-7;1-2-4-5-3-1/h3-10,17-18H,11-12H2,1-2H3;9H,2-7H2,1H3;3-4H,1-2H2,(H,7,8)(H,9,10);2-3H,1H2,(H,6,7)(H,8,9);6-7H,1-4H2;1-2,5H2,(H,6,7);3-6H,1-2H2;3H,1-2H2,(H,5,6);1-4H2;1-4H2;1-3H2. The van der Waals surface area contributed by atoms with Crippen LogP contribution in [0.2, 0.25) is 0 Å². The Balaban J connectivity index is 0.000000350. The van der Waals surface area contributed by atoms with Gasteiger partial charge in [0.05, 0.1) is 66.4 Å². The molecule has 12 atom stereocenters. The molecule has 2 aromatic carbocycles. The largest absolute Gasteiger partial charge is 0.480 e. The number of hydrogen-bond donors (Lipinski definition) is 11. The van der Waals surface area contributed by atoms with Gasteiger partial charge in [-0.3, -0.25) is 37.1 Å². The first-order valence-corrected chi connectivity index (χ1v) is 67.0. The van der Waals surface area contributed by atoms with Crippen LogP contribution in [-0.4, -0.2) is 293 Å². The van der Waals surface area contributed by atoms with Crippen molar-refractivity contribution in [1.82, 2.24) is 0 Å². The fourth-order valence-electron chi connectivity index (χ4n) is 8.90. The molecule has 13 rings (SSSR count). The van der Waals surface area contributed by atoms with Crippen LogP contribution in [0, 0.1) is 19.3 Å². The maximum atomic E-state index is 12.6. The number of carbonyl (C=O) groups excluding carboxylic acids is 1. The second-order valence-electron chi connectivity index (χ2n) is 26.2. The van der Waals surface area contributed by atoms with Gasteiger partial charge < -0.3 is 61.6 Å². The van der Waals surface area contributed by atoms with Crippen LogP contribution in [0.5, 0.6) is 0 Å². The lowest BCUT2D eigenvalue weighted by Crippen LogP contribution is -2.50. The third-order valence-corrected chi connectivity index (χ3v) is 51.1. The molecule has 11 heterocycles. The molecule has 118 heavy (non-hydrogen) atoms. The predicted octanol–water partition coefficient (Wildman–Crippen LogP) is 13.2. The molecular weight excluding hydrogens is 2010 g/mol. The lowest BCUT2D eigenvalue weighted by Gasteiger charge is -2.29. The first-order chi connectivity index (χ1) is 55.8. The van der Waals surface area contributed by atoms with E-state index in [1.807, 2.05) is 57.0 Å². The molecule has 12 N–H and O–H groups in total. The van der Waals surface area contributed by atoms with Crippen LogP contribution in [0.1, 0.15) is 108 Å². The zero-order chi connectivity index (χ0) is 87.9. The number of nitrogens with two attached hydrogens (primary N) is 1. The maximum Gasteiger partial charge on any atom is 0.325 e. The summed E-state index contributed by atoms with van der Waals surface area (Å²) in [6.07, 6.45) is 10.2. The van der Waals surface area contributed by atoms with E-state index in [2.05, 4.69) is 0 Å². The second kappa shape index (κ2) is 62.7. The van der Waals surface area contributed by atoms with E-state index in [1.54, 1.807) is 96.0 Å². The zero-order valence-corrected chi connectivity index (χ0v) is 83.9. The topological polar surface area (TPSA) is 503 Å². The van der Waals surface area contributed by atoms with E-state index in [-0.39, 0.29) is 51.6 Å². The summed E-state index contributed by atoms with van der Waals surface area (Å²) in [7, 11) is 16.1. The van der Waals surface area contributed by atoms with Gasteiger partial charge in [-0.2, -0.15) is 16.8 Å². The molecule has 0 amide bonds. The van der Waals surface area contributed by atoms with Gasteiger partial charge in [0.15, 0.2) is 0 Å². The highest BCUT2D eigenvalue weighted by Gasteiger charge is 2.41. The molecule has 11 saturated heterocycles. The Labute approximate surface area is 771 Å². The van der Waals surface area contributed by atoms with Crippen molar-refractivity contribution in [3.63, 3.8) is 0 Å². The van der Waals surface area contributed by atoms with E-state index in [0.29, 0.717) is 47.4 Å². The van der Waals surface area contributed by atoms with Gasteiger partial charge in [0.2, 0.25) is 8.87 Å². The molecular formula is C66H103NO27S24. The van der Waals surface area contributed by atoms with Crippen LogP contribution < -0.4 is 5.73 Å². The molecule has 0 aliphatic carbocycles. The number of hydrogen-bond acceptors (Lipinski definition) is 41. The van der Waals surface area contributed by atoms with E-state index in [0.717, 1.165) is 148 Å². The Hall–Kier alpha value is 1.45. The Morgan fingerprint density at radius 2 is 0.958 bits per heavy atom. The fourth-order valence-corrected chi connectivity index (χ4v) is 42.1. The van der Waals surface area contributed by atoms with Gasteiger partial charge in [-0.25, -0.2) is 16.8 Å². The zero-order valence-electron chi connectivity index (χ0n) is 64.3. The number of carboxylic acid groups (broad SMARTS) is 6. The number of ketones is 1. The highest BCUT2D eigenvalue weighted by Crippen LogP contribution is 2.46. The molecule has 28 nitrogen and oxygen atoms in total. The molecule has 52 heteroatoms. The van der Waals surface area contributed by atoms with Gasteiger partial charge >= 0.3 is 35.8 Å². The number of benzene rings is 2. The molecule has 11 fully saturated rings. The van der Waals surface area contributed by atoms with Gasteiger partial charge in [-0.1, -0.05) is 236 Å². The Kier molecular flexibility index (Phi) is 60.4. The predicted molar refractivity (Wildman–Crippen MR) is 513 cm³/mol. The van der Waals surface area contributed by atoms with Crippen molar-refractivity contribution in [2.24, 2.45) is 11.1 Å². The van der Waals surface area contributed by atoms with Crippen LogP contribution in [0.4, 0.5) is 0 Å². The summed E-state index contributed by atoms with van der Waals surface area (Å²) in [5, 5.41) is 85.2. The van der Waals surface area contributed by atoms with Gasteiger partial charge in [0.1, 0.15) is 49.8 Å². The second-order valence-corrected chi connectivity index (χ2v) is 61.6. The van der Waals surface area contributed by atoms with Crippen molar-refractivity contribution in [1.29, 1.82) is 0 Å². The molecule has 678 valence electrons. The number of carboxylic acids is 6. The molecule has 0 spiro atoms. The fraction of sp³-hybridized carbons (Fsp3) is 0.712. The summed E-state index contributed by atoms with van der Waals surface area (Å²) in [5.74, 6) is 7.48. The van der Waals surface area contributed by atoms with Crippen molar-refractivity contribution in [3.05, 3.63) is 59.7 Å². The first-order valence-electron chi connectivity index (χ1n) is 36.1. The summed E-state index contributed by atoms with van der Waals surface area (Å²) in [5.41, 5.74) is 6.08. The monoisotopic (exact) mass is 2110 g/mol. The number of aliphatic hydroxyl groups is 4. The summed E-state index contributed by atoms with van der Waals surface area (Å²) >= 11 is 0. The van der Waals surface area contributed by atoms with E-state index < -0.39 is 136 Å². The molecule has 0 radical (unpaired) electrons. The Bertz CT molecular complexity index is 3620. The van der Waals surface area contributed by atoms with Crippen LogP contribution in [0.3, 0.4) is 0 Å². The minimum absolute atomic E-state index is 0.0196. The van der Waals surface area contributed by atoms with Crippen LogP contribution in [0.15, 0.2) is 58.3 Å². The van der Waals surface area contributed by atoms with Crippen molar-refractivity contribution in [2.45, 2.75) is 182 Å². The Morgan fingerprint density at radius 1 is 0.500 bits per heavy atom. The van der Waals surface area contributed by atoms with Gasteiger partial charge in [0.25, 0.3) is 20.2 Å². The highest BCUT2D eigenvalue weighted by molar-refractivity contribution is 8.79. The average molecular weight is 2110 g/mol. The number of aliphatic carboxylic acids is 6. The molecule has 0 bridgehead atoms. The SMILES string of the molecule is C1CSSC1.CC(=O)CCCCC1CCSS1.Cc1ccc(S(=O)(=O)OC2CSS(=O)CC2OS(=O)(=O)c2ccc(C)cc2)cc1.NC1(C(=O)O)CSSC1.O=C(O)C1CC(C(=O)O)SS1.O=C(O)C1CCC(C(=O)O)SS1.O=C(O)C1CCSS1.O=S1(=O)CCCCS1.O=S1CCCCS1.OC1CSSCC1O.OCC1(CO)CSSC1. The Morgan fingerprint density at radius 3 is 1.27 bits per heavy atom. The van der Waals surface area contributed by atoms with Crippen molar-refractivity contribution >= 4 is 295 Å². The third-order valence-electron chi connectivity index (χ3n) is 16.1. The molecule has 11 aliphatic heterocycles. The van der Waals surface area contributed by atoms with Gasteiger partial charge in [-0.15, -0.1) is 0 Å². The minimum Gasteiger partial charge on any atom is -0.480 e. The third kappa shape index (κ3) is 48.9. The highest BCUT2D eigenvalue weighted by atomic mass is 33.1. The molecule has 12 unspecified atom stereocenters. The summed E-state index contributed by atoms with van der Waals surface area (Å²) in [6, 6.07) is 12.2. The number of rotatable bonds is 19. The van der Waals surface area contributed by atoms with Crippen LogP contribution in [0.25, 0.3) is 0 Å². The maximum absolute atomic E-state index is 12.6. The molecule has 2 aromatic rings. The average Bonchev–Trinajstić information content (AvgIpc) is 1.25. The van der Waals surface area contributed by atoms with E-state index in [9.17, 15) is 67.2 Å². The van der Waals surface area contributed by atoms with Crippen LogP contribution in [-0.2, 0) is 90.7 Å². The molecule has 0 aromatic heterocycles. The van der Waals surface area contributed by atoms with E-state index >= 15 is 0 Å². The minimum atomic E-state index is -4.18. The smallest absolute Gasteiger partial charge is 0.325 e. The summed E-state index contributed by atoms with van der Waals surface area (Å²) in [6.45, 7) is 5.55. The molecule has 0 saturated carbocycles. The van der Waals surface area contributed by atoms with E-state index in [4.69, 9.17) is 65.2 Å². The van der Waals surface area contributed by atoms with Gasteiger partial charge in [0, 0.05) is 97.6 Å². The number of carbonyl (C=O) groups is 7. The number of Topliss-reactive ketones (excluding diaryl/α,β-unsaturated/α-hetero) is 1. The normalized spacial score (nSPS) is 27.0. The number of unbranched alkanes of at least 4 members (excludes halogenated alkanes) is 1. The number of aryl methyl sites for hydroxylation is 2. The summed E-state index contributed by atoms with van der Waals surface area (Å²) in [4.78, 5) is 72.6. The first kappa shape index (κ1) is 114. The van der Waals surface area contributed by atoms with Crippen LogP contribution >= 0.6 is 205 Å². The van der Waals surface area contributed by atoms with Crippen molar-refractivity contribution < 1.29 is 127 Å². The lowest BCUT2D eigenvalue weighted by molar-refractivity contribution is -0.142. The van der Waals surface area contributed by atoms with E-state index in [1.165, 1.54) is 112 Å². The quantitative estimate of drug-likeness (QED) is 0.0353. The van der Waals surface area contributed by atoms with Crippen molar-refractivity contribution in [2.75, 3.05) is 105 Å². The van der Waals surface area contributed by atoms with Gasteiger partial charge in [-0.05, 0) is 133 Å². The lowest BCUT2D eigenvalue weighted by atomic mass is 9.96.